The van der Waals surface area contributed by atoms with Crippen molar-refractivity contribution in [1.29, 1.82) is 0 Å². The lowest BCUT2D eigenvalue weighted by molar-refractivity contribution is 0.0927. The molecule has 114 valence electrons. The Kier molecular flexibility index (Phi) is 4.26. The van der Waals surface area contributed by atoms with Gasteiger partial charge in [0.05, 0.1) is 24.6 Å². The van der Waals surface area contributed by atoms with Crippen molar-refractivity contribution < 1.29 is 4.74 Å². The molecule has 0 saturated carbocycles. The molecule has 1 saturated heterocycles. The molecule has 1 N–H and O–H groups in total. The van der Waals surface area contributed by atoms with Crippen LogP contribution in [-0.4, -0.2) is 42.8 Å². The Bertz CT molecular complexity index is 627. The zero-order valence-corrected chi connectivity index (χ0v) is 13.7. The fraction of sp³-hybridized carbons (Fsp3) is 0.600. The molecule has 21 heavy (non-hydrogen) atoms. The van der Waals surface area contributed by atoms with Gasteiger partial charge < -0.3 is 15.0 Å². The van der Waals surface area contributed by atoms with Crippen molar-refractivity contribution in [2.24, 2.45) is 0 Å². The third-order valence-electron chi connectivity index (χ3n) is 3.97. The van der Waals surface area contributed by atoms with Crippen LogP contribution in [0.15, 0.2) is 6.07 Å². The van der Waals surface area contributed by atoms with E-state index in [0.29, 0.717) is 12.0 Å². The maximum Gasteiger partial charge on any atom is 0.225 e. The van der Waals surface area contributed by atoms with Crippen LogP contribution >= 0.6 is 11.3 Å². The first-order valence-corrected chi connectivity index (χ1v) is 8.41. The predicted molar refractivity (Wildman–Crippen MR) is 88.6 cm³/mol. The van der Waals surface area contributed by atoms with Gasteiger partial charge in [-0.2, -0.15) is 4.98 Å². The number of ether oxygens (including phenoxy) is 1. The number of rotatable bonds is 4. The van der Waals surface area contributed by atoms with Crippen LogP contribution < -0.4 is 10.2 Å². The number of hydrogen-bond acceptors (Lipinski definition) is 6. The molecule has 0 spiro atoms. The van der Waals surface area contributed by atoms with E-state index in [1.807, 2.05) is 7.05 Å². The van der Waals surface area contributed by atoms with Crippen molar-refractivity contribution in [2.45, 2.75) is 32.7 Å². The molecular weight excluding hydrogens is 284 g/mol. The van der Waals surface area contributed by atoms with Crippen LogP contribution in [0.4, 0.5) is 11.8 Å². The number of anilines is 2. The van der Waals surface area contributed by atoms with Gasteiger partial charge >= 0.3 is 0 Å². The molecule has 1 fully saturated rings. The average molecular weight is 306 g/mol. The van der Waals surface area contributed by atoms with Gasteiger partial charge in [0.1, 0.15) is 10.6 Å². The van der Waals surface area contributed by atoms with E-state index in [1.54, 1.807) is 11.3 Å². The first-order valence-electron chi connectivity index (χ1n) is 7.59. The van der Waals surface area contributed by atoms with E-state index in [1.165, 1.54) is 10.3 Å². The van der Waals surface area contributed by atoms with E-state index in [-0.39, 0.29) is 0 Å². The van der Waals surface area contributed by atoms with Gasteiger partial charge in [-0.15, -0.1) is 11.3 Å². The summed E-state index contributed by atoms with van der Waals surface area (Å²) in [6.45, 7) is 6.82. The highest BCUT2D eigenvalue weighted by Crippen LogP contribution is 2.34. The Hall–Kier alpha value is -1.40. The van der Waals surface area contributed by atoms with Crippen LogP contribution in [0.3, 0.4) is 0 Å². The van der Waals surface area contributed by atoms with Crippen LogP contribution in [0.5, 0.6) is 0 Å². The second-order valence-corrected chi connectivity index (χ2v) is 6.35. The van der Waals surface area contributed by atoms with E-state index in [2.05, 4.69) is 35.1 Å². The Labute approximate surface area is 129 Å². The molecule has 2 aromatic rings. The third kappa shape index (κ3) is 2.70. The fourth-order valence-corrected chi connectivity index (χ4v) is 3.69. The van der Waals surface area contributed by atoms with Gasteiger partial charge in [-0.05, 0) is 18.9 Å². The number of nitrogens with one attached hydrogen (secondary N) is 1. The van der Waals surface area contributed by atoms with Gasteiger partial charge in [-0.1, -0.05) is 13.8 Å². The quantitative estimate of drug-likeness (QED) is 0.941. The first-order chi connectivity index (χ1) is 10.3. The summed E-state index contributed by atoms with van der Waals surface area (Å²) < 4.78 is 5.62. The molecule has 1 aliphatic heterocycles. The molecule has 3 rings (SSSR count). The Morgan fingerprint density at radius 2 is 2.29 bits per heavy atom. The molecule has 0 bridgehead atoms. The first kappa shape index (κ1) is 14.5. The summed E-state index contributed by atoms with van der Waals surface area (Å²) in [5.41, 5.74) is 0. The predicted octanol–water partition coefficient (Wildman–Crippen LogP) is 2.91. The number of fused-ring (bicyclic) bond motifs is 1. The lowest BCUT2D eigenvalue weighted by Gasteiger charge is -2.36. The van der Waals surface area contributed by atoms with Gasteiger partial charge in [-0.3, -0.25) is 0 Å². The normalized spacial score (nSPS) is 19.2. The van der Waals surface area contributed by atoms with Crippen LogP contribution in [0.1, 0.15) is 25.1 Å². The van der Waals surface area contributed by atoms with Crippen molar-refractivity contribution in [3.63, 3.8) is 0 Å². The molecule has 1 aliphatic rings. The van der Waals surface area contributed by atoms with E-state index in [4.69, 9.17) is 9.72 Å². The number of morpholine rings is 1. The molecule has 5 nitrogen and oxygen atoms in total. The van der Waals surface area contributed by atoms with Gasteiger partial charge in [0.2, 0.25) is 5.95 Å². The van der Waals surface area contributed by atoms with Gasteiger partial charge in [0, 0.05) is 18.5 Å². The summed E-state index contributed by atoms with van der Waals surface area (Å²) in [6.07, 6.45) is 2.10. The third-order valence-corrected chi connectivity index (χ3v) is 5.14. The highest BCUT2D eigenvalue weighted by molar-refractivity contribution is 7.18. The SMILES string of the molecule is CCc1cc2c(N3CCOCC3CC)nc(NC)nc2s1. The maximum atomic E-state index is 5.62. The standard InChI is InChI=1S/C15H22N4OS/c1-4-10-9-20-7-6-19(10)13-12-8-11(5-2)21-14(12)18-15(16-3)17-13/h8,10H,4-7,9H2,1-3H3,(H,16,17,18). The minimum Gasteiger partial charge on any atom is -0.377 e. The molecule has 0 aromatic carbocycles. The molecule has 1 atom stereocenters. The maximum absolute atomic E-state index is 5.62. The topological polar surface area (TPSA) is 50.3 Å². The second kappa shape index (κ2) is 6.15. The number of aromatic nitrogens is 2. The highest BCUT2D eigenvalue weighted by atomic mass is 32.1. The highest BCUT2D eigenvalue weighted by Gasteiger charge is 2.25. The average Bonchev–Trinajstić information content (AvgIpc) is 2.96. The molecule has 3 heterocycles. The Balaban J connectivity index is 2.12. The second-order valence-electron chi connectivity index (χ2n) is 5.24. The summed E-state index contributed by atoms with van der Waals surface area (Å²) >= 11 is 1.76. The van der Waals surface area contributed by atoms with Crippen molar-refractivity contribution in [3.8, 4) is 0 Å². The summed E-state index contributed by atoms with van der Waals surface area (Å²) in [5.74, 6) is 1.75. The zero-order valence-electron chi connectivity index (χ0n) is 12.8. The van der Waals surface area contributed by atoms with Gasteiger partial charge in [0.15, 0.2) is 0 Å². The molecule has 2 aromatic heterocycles. The van der Waals surface area contributed by atoms with Crippen molar-refractivity contribution >= 4 is 33.3 Å². The number of nitrogens with zero attached hydrogens (tertiary/aromatic N) is 3. The molecular formula is C15H22N4OS. The lowest BCUT2D eigenvalue weighted by Crippen LogP contribution is -2.45. The molecule has 0 amide bonds. The van der Waals surface area contributed by atoms with Crippen LogP contribution in [-0.2, 0) is 11.2 Å². The summed E-state index contributed by atoms with van der Waals surface area (Å²) in [7, 11) is 1.87. The van der Waals surface area contributed by atoms with Crippen LogP contribution in [0.2, 0.25) is 0 Å². The number of hydrogen-bond donors (Lipinski definition) is 1. The van der Waals surface area contributed by atoms with Crippen molar-refractivity contribution in [2.75, 3.05) is 37.0 Å². The smallest absolute Gasteiger partial charge is 0.225 e. The minimum absolute atomic E-state index is 0.395. The molecule has 0 aliphatic carbocycles. The molecule has 6 heteroatoms. The van der Waals surface area contributed by atoms with E-state index in [9.17, 15) is 0 Å². The van der Waals surface area contributed by atoms with Crippen LogP contribution in [0.25, 0.3) is 10.2 Å². The number of aryl methyl sites for hydroxylation is 1. The summed E-state index contributed by atoms with van der Waals surface area (Å²) in [6, 6.07) is 2.64. The van der Waals surface area contributed by atoms with Crippen LogP contribution in [0, 0.1) is 0 Å². The van der Waals surface area contributed by atoms with Gasteiger partial charge in [-0.25, -0.2) is 4.98 Å². The largest absolute Gasteiger partial charge is 0.377 e. The van der Waals surface area contributed by atoms with E-state index < -0.39 is 0 Å². The summed E-state index contributed by atoms with van der Waals surface area (Å²) in [5, 5.41) is 4.26. The van der Waals surface area contributed by atoms with Crippen molar-refractivity contribution in [1.82, 2.24) is 9.97 Å². The molecule has 1 unspecified atom stereocenters. The van der Waals surface area contributed by atoms with E-state index >= 15 is 0 Å². The van der Waals surface area contributed by atoms with Gasteiger partial charge in [0.25, 0.3) is 0 Å². The lowest BCUT2D eigenvalue weighted by atomic mass is 10.1. The Morgan fingerprint density at radius 3 is 3.00 bits per heavy atom. The zero-order chi connectivity index (χ0) is 14.8. The molecule has 0 radical (unpaired) electrons. The fourth-order valence-electron chi connectivity index (χ4n) is 2.73. The summed E-state index contributed by atoms with van der Waals surface area (Å²) in [4.78, 5) is 14.2. The number of thiophene rings is 1. The van der Waals surface area contributed by atoms with Crippen molar-refractivity contribution in [3.05, 3.63) is 10.9 Å². The van der Waals surface area contributed by atoms with E-state index in [0.717, 1.165) is 43.2 Å². The monoisotopic (exact) mass is 306 g/mol. The Morgan fingerprint density at radius 1 is 1.43 bits per heavy atom. The minimum atomic E-state index is 0.395.